The van der Waals surface area contributed by atoms with E-state index in [4.69, 9.17) is 9.47 Å². The van der Waals surface area contributed by atoms with E-state index in [1.54, 1.807) is 54.4 Å². The molecule has 0 atom stereocenters. The van der Waals surface area contributed by atoms with Gasteiger partial charge in [-0.15, -0.1) is 0 Å². The van der Waals surface area contributed by atoms with Gasteiger partial charge in [0.1, 0.15) is 13.2 Å². The second kappa shape index (κ2) is 9.22. The monoisotopic (exact) mass is 480 g/mol. The third-order valence-electron chi connectivity index (χ3n) is 4.90. The summed E-state index contributed by atoms with van der Waals surface area (Å²) in [6.07, 6.45) is 0. The van der Waals surface area contributed by atoms with Crippen molar-refractivity contribution in [1.82, 2.24) is 4.90 Å². The van der Waals surface area contributed by atoms with Crippen LogP contribution in [0, 0.1) is 0 Å². The third kappa shape index (κ3) is 4.72. The average Bonchev–Trinajstić information content (AvgIpc) is 2.79. The molecule has 0 radical (unpaired) electrons. The standard InChI is InChI=1S/C24H21BrN2O4/c1-27(15-16-10-11-21-22(14-16)31-13-12-30-21)24(29)18-7-3-5-9-20(18)26-23(28)17-6-2-4-8-19(17)25/h2-11,14H,12-13,15H2,1H3,(H,26,28). The minimum atomic E-state index is -0.290. The van der Waals surface area contributed by atoms with Crippen LogP contribution in [0.5, 0.6) is 11.5 Å². The quantitative estimate of drug-likeness (QED) is 0.572. The van der Waals surface area contributed by atoms with Gasteiger partial charge in [-0.1, -0.05) is 30.3 Å². The molecule has 31 heavy (non-hydrogen) atoms. The summed E-state index contributed by atoms with van der Waals surface area (Å²) in [6, 6.07) is 19.8. The molecule has 2 amide bonds. The van der Waals surface area contributed by atoms with Crippen LogP contribution in [-0.4, -0.2) is 37.0 Å². The van der Waals surface area contributed by atoms with Crippen molar-refractivity contribution in [3.05, 3.63) is 87.9 Å². The third-order valence-corrected chi connectivity index (χ3v) is 5.59. The van der Waals surface area contributed by atoms with Crippen molar-refractivity contribution in [2.75, 3.05) is 25.6 Å². The second-order valence-corrected chi connectivity index (χ2v) is 7.97. The van der Waals surface area contributed by atoms with Crippen molar-refractivity contribution >= 4 is 33.4 Å². The van der Waals surface area contributed by atoms with Gasteiger partial charge in [-0.05, 0) is 57.9 Å². The number of benzene rings is 3. The van der Waals surface area contributed by atoms with E-state index in [9.17, 15) is 9.59 Å². The number of ether oxygens (including phenoxy) is 2. The van der Waals surface area contributed by atoms with E-state index in [0.717, 1.165) is 5.56 Å². The maximum absolute atomic E-state index is 13.2. The molecule has 6 nitrogen and oxygen atoms in total. The van der Waals surface area contributed by atoms with Crippen LogP contribution in [0.1, 0.15) is 26.3 Å². The molecule has 1 heterocycles. The number of halogens is 1. The first-order valence-electron chi connectivity index (χ1n) is 9.82. The second-order valence-electron chi connectivity index (χ2n) is 7.12. The highest BCUT2D eigenvalue weighted by molar-refractivity contribution is 9.10. The number of para-hydroxylation sites is 1. The van der Waals surface area contributed by atoms with Gasteiger partial charge in [0.05, 0.1) is 16.8 Å². The summed E-state index contributed by atoms with van der Waals surface area (Å²) in [7, 11) is 1.73. The summed E-state index contributed by atoms with van der Waals surface area (Å²) >= 11 is 3.39. The predicted octanol–water partition coefficient (Wildman–Crippen LogP) is 4.74. The number of anilines is 1. The summed E-state index contributed by atoms with van der Waals surface area (Å²) < 4.78 is 11.9. The molecule has 0 aromatic heterocycles. The fourth-order valence-corrected chi connectivity index (χ4v) is 3.82. The lowest BCUT2D eigenvalue weighted by Gasteiger charge is -2.22. The zero-order valence-electron chi connectivity index (χ0n) is 16.9. The van der Waals surface area contributed by atoms with E-state index in [-0.39, 0.29) is 11.8 Å². The SMILES string of the molecule is CN(Cc1ccc2c(c1)OCCO2)C(=O)c1ccccc1NC(=O)c1ccccc1Br. The number of nitrogens with one attached hydrogen (secondary N) is 1. The van der Waals surface area contributed by atoms with Gasteiger partial charge in [0, 0.05) is 18.1 Å². The van der Waals surface area contributed by atoms with Gasteiger partial charge in [-0.25, -0.2) is 0 Å². The normalized spacial score (nSPS) is 12.2. The van der Waals surface area contributed by atoms with E-state index in [0.29, 0.717) is 52.5 Å². The summed E-state index contributed by atoms with van der Waals surface area (Å²) in [5.41, 5.74) is 2.30. The van der Waals surface area contributed by atoms with Gasteiger partial charge < -0.3 is 19.7 Å². The minimum Gasteiger partial charge on any atom is -0.486 e. The van der Waals surface area contributed by atoms with Gasteiger partial charge in [0.15, 0.2) is 11.5 Å². The van der Waals surface area contributed by atoms with E-state index < -0.39 is 0 Å². The Morgan fingerprint density at radius 3 is 2.39 bits per heavy atom. The van der Waals surface area contributed by atoms with Gasteiger partial charge in [-0.3, -0.25) is 9.59 Å². The molecular weight excluding hydrogens is 460 g/mol. The smallest absolute Gasteiger partial charge is 0.256 e. The number of hydrogen-bond acceptors (Lipinski definition) is 4. The molecule has 3 aromatic carbocycles. The average molecular weight is 481 g/mol. The molecule has 4 rings (SSSR count). The van der Waals surface area contributed by atoms with Gasteiger partial charge in [-0.2, -0.15) is 0 Å². The van der Waals surface area contributed by atoms with Crippen LogP contribution < -0.4 is 14.8 Å². The number of hydrogen-bond donors (Lipinski definition) is 1. The molecule has 1 aliphatic rings. The van der Waals surface area contributed by atoms with Crippen molar-refractivity contribution < 1.29 is 19.1 Å². The Bertz CT molecular complexity index is 1130. The van der Waals surface area contributed by atoms with E-state index in [1.807, 2.05) is 24.3 Å². The van der Waals surface area contributed by atoms with Crippen LogP contribution in [0.25, 0.3) is 0 Å². The Labute approximate surface area is 188 Å². The highest BCUT2D eigenvalue weighted by Gasteiger charge is 2.19. The van der Waals surface area contributed by atoms with Crippen LogP contribution in [0.15, 0.2) is 71.2 Å². The lowest BCUT2D eigenvalue weighted by atomic mass is 10.1. The highest BCUT2D eigenvalue weighted by Crippen LogP contribution is 2.31. The van der Waals surface area contributed by atoms with E-state index >= 15 is 0 Å². The molecule has 0 unspecified atom stereocenters. The van der Waals surface area contributed by atoms with Crippen molar-refractivity contribution in [3.63, 3.8) is 0 Å². The topological polar surface area (TPSA) is 67.9 Å². The number of carbonyl (C=O) groups is 2. The Kier molecular flexibility index (Phi) is 6.23. The molecular formula is C24H21BrN2O4. The van der Waals surface area contributed by atoms with Crippen molar-refractivity contribution in [2.24, 2.45) is 0 Å². The predicted molar refractivity (Wildman–Crippen MR) is 122 cm³/mol. The Morgan fingerprint density at radius 1 is 0.935 bits per heavy atom. The maximum atomic E-state index is 13.2. The molecule has 7 heteroatoms. The molecule has 1 N–H and O–H groups in total. The van der Waals surface area contributed by atoms with E-state index in [1.165, 1.54) is 0 Å². The molecule has 0 fully saturated rings. The largest absolute Gasteiger partial charge is 0.486 e. The first-order chi connectivity index (χ1) is 15.0. The number of fused-ring (bicyclic) bond motifs is 1. The number of amides is 2. The van der Waals surface area contributed by atoms with Crippen molar-refractivity contribution in [2.45, 2.75) is 6.54 Å². The first kappa shape index (κ1) is 20.9. The Hall–Kier alpha value is -3.32. The lowest BCUT2D eigenvalue weighted by molar-refractivity contribution is 0.0786. The van der Waals surface area contributed by atoms with Crippen LogP contribution in [0.4, 0.5) is 5.69 Å². The Morgan fingerprint density at radius 2 is 1.61 bits per heavy atom. The van der Waals surface area contributed by atoms with Crippen molar-refractivity contribution in [3.8, 4) is 11.5 Å². The number of nitrogens with zero attached hydrogens (tertiary/aromatic N) is 1. The van der Waals surface area contributed by atoms with Crippen LogP contribution >= 0.6 is 15.9 Å². The molecule has 0 bridgehead atoms. The molecule has 3 aromatic rings. The van der Waals surface area contributed by atoms with Crippen LogP contribution in [0.3, 0.4) is 0 Å². The fourth-order valence-electron chi connectivity index (χ4n) is 3.35. The zero-order valence-corrected chi connectivity index (χ0v) is 18.5. The van der Waals surface area contributed by atoms with E-state index in [2.05, 4.69) is 21.2 Å². The maximum Gasteiger partial charge on any atom is 0.256 e. The Balaban J connectivity index is 1.51. The molecule has 0 saturated carbocycles. The van der Waals surface area contributed by atoms with Crippen LogP contribution in [-0.2, 0) is 6.54 Å². The molecule has 0 spiro atoms. The van der Waals surface area contributed by atoms with Gasteiger partial charge >= 0.3 is 0 Å². The highest BCUT2D eigenvalue weighted by atomic mass is 79.9. The minimum absolute atomic E-state index is 0.196. The fraction of sp³-hybridized carbons (Fsp3) is 0.167. The van der Waals surface area contributed by atoms with Gasteiger partial charge in [0.25, 0.3) is 11.8 Å². The molecule has 158 valence electrons. The summed E-state index contributed by atoms with van der Waals surface area (Å²) in [5, 5.41) is 2.86. The molecule has 1 aliphatic heterocycles. The molecule has 0 aliphatic carbocycles. The summed E-state index contributed by atoms with van der Waals surface area (Å²) in [4.78, 5) is 27.5. The van der Waals surface area contributed by atoms with Crippen LogP contribution in [0.2, 0.25) is 0 Å². The summed E-state index contributed by atoms with van der Waals surface area (Å²) in [5.74, 6) is 0.912. The number of rotatable bonds is 5. The van der Waals surface area contributed by atoms with Gasteiger partial charge in [0.2, 0.25) is 0 Å². The first-order valence-corrected chi connectivity index (χ1v) is 10.6. The lowest BCUT2D eigenvalue weighted by Crippen LogP contribution is -2.27. The molecule has 0 saturated heterocycles. The van der Waals surface area contributed by atoms with Crippen molar-refractivity contribution in [1.29, 1.82) is 0 Å². The zero-order chi connectivity index (χ0) is 21.8. The summed E-state index contributed by atoms with van der Waals surface area (Å²) in [6.45, 7) is 1.44. The number of carbonyl (C=O) groups excluding carboxylic acids is 2.